The normalized spacial score (nSPS) is 22.0. The summed E-state index contributed by atoms with van der Waals surface area (Å²) in [5.74, 6) is -0.0559. The van der Waals surface area contributed by atoms with Crippen molar-refractivity contribution in [3.8, 4) is 0 Å². The maximum Gasteiger partial charge on any atom is 0.292 e. The minimum absolute atomic E-state index is 0.198. The van der Waals surface area contributed by atoms with Crippen LogP contribution in [0.25, 0.3) is 0 Å². The van der Waals surface area contributed by atoms with Crippen LogP contribution in [0.1, 0.15) is 41.8 Å². The van der Waals surface area contributed by atoms with Crippen molar-refractivity contribution >= 4 is 17.5 Å². The number of amides is 2. The first-order valence-electron chi connectivity index (χ1n) is 9.34. The van der Waals surface area contributed by atoms with Crippen molar-refractivity contribution in [3.05, 3.63) is 53.9 Å². The molecule has 0 saturated carbocycles. The second kappa shape index (κ2) is 7.46. The zero-order valence-corrected chi connectivity index (χ0v) is 15.6. The number of likely N-dealkylation sites (tertiary alicyclic amines) is 1. The maximum absolute atomic E-state index is 12.5. The Morgan fingerprint density at radius 3 is 2.86 bits per heavy atom. The molecule has 3 heterocycles. The van der Waals surface area contributed by atoms with Gasteiger partial charge in [-0.1, -0.05) is 47.6 Å². The Hall–Kier alpha value is -3.16. The van der Waals surface area contributed by atoms with Crippen LogP contribution in [0.2, 0.25) is 0 Å². The predicted octanol–water partition coefficient (Wildman–Crippen LogP) is 1.96. The third-order valence-corrected chi connectivity index (χ3v) is 5.29. The first-order chi connectivity index (χ1) is 13.6. The van der Waals surface area contributed by atoms with Gasteiger partial charge >= 0.3 is 0 Å². The van der Waals surface area contributed by atoms with Crippen molar-refractivity contribution < 1.29 is 18.9 Å². The number of hydrogen-bond donors (Lipinski definition) is 1. The van der Waals surface area contributed by atoms with Gasteiger partial charge in [0.15, 0.2) is 5.60 Å². The number of carbonyl (C=O) groups is 2. The fourth-order valence-electron chi connectivity index (χ4n) is 3.61. The van der Waals surface area contributed by atoms with Gasteiger partial charge in [0, 0.05) is 32.0 Å². The molecule has 2 aliphatic rings. The lowest BCUT2D eigenvalue weighted by molar-refractivity contribution is -0.115. The van der Waals surface area contributed by atoms with Gasteiger partial charge < -0.3 is 19.6 Å². The highest BCUT2D eigenvalue weighted by molar-refractivity contribution is 6.39. The van der Waals surface area contributed by atoms with Crippen LogP contribution in [-0.4, -0.2) is 52.8 Å². The minimum Gasteiger partial charge on any atom is -0.386 e. The molecule has 2 atom stereocenters. The average Bonchev–Trinajstić information content (AvgIpc) is 3.48. The summed E-state index contributed by atoms with van der Waals surface area (Å²) in [7, 11) is 0. The topological polar surface area (TPSA) is 97.0 Å². The predicted molar refractivity (Wildman–Crippen MR) is 101 cm³/mol. The van der Waals surface area contributed by atoms with E-state index in [1.165, 1.54) is 17.8 Å². The molecule has 2 amide bonds. The van der Waals surface area contributed by atoms with Gasteiger partial charge in [0.05, 0.1) is 12.7 Å². The summed E-state index contributed by atoms with van der Waals surface area (Å²) in [6.07, 6.45) is 2.44. The van der Waals surface area contributed by atoms with E-state index >= 15 is 0 Å². The van der Waals surface area contributed by atoms with E-state index in [1.807, 2.05) is 30.3 Å². The molecular formula is C20H22N4O4. The van der Waals surface area contributed by atoms with Gasteiger partial charge in [0.1, 0.15) is 5.71 Å². The number of oxime groups is 1. The van der Waals surface area contributed by atoms with E-state index in [9.17, 15) is 9.59 Å². The van der Waals surface area contributed by atoms with Gasteiger partial charge in [-0.15, -0.1) is 0 Å². The lowest BCUT2D eigenvalue weighted by atomic mass is 9.96. The second-order valence-electron chi connectivity index (χ2n) is 7.36. The number of hydrogen-bond acceptors (Lipinski definition) is 6. The summed E-state index contributed by atoms with van der Waals surface area (Å²) in [6, 6.07) is 11.6. The van der Waals surface area contributed by atoms with Crippen molar-refractivity contribution in [2.75, 3.05) is 19.6 Å². The van der Waals surface area contributed by atoms with E-state index in [4.69, 9.17) is 9.36 Å². The van der Waals surface area contributed by atoms with Crippen molar-refractivity contribution in [1.82, 2.24) is 15.4 Å². The molecule has 1 saturated heterocycles. The highest BCUT2D eigenvalue weighted by atomic mass is 16.7. The first kappa shape index (κ1) is 18.2. The third kappa shape index (κ3) is 3.62. The van der Waals surface area contributed by atoms with Crippen molar-refractivity contribution in [3.63, 3.8) is 0 Å². The number of carbonyl (C=O) groups excluding carboxylic acids is 2. The summed E-state index contributed by atoms with van der Waals surface area (Å²) in [4.78, 5) is 32.2. The van der Waals surface area contributed by atoms with Gasteiger partial charge in [-0.2, -0.15) is 0 Å². The molecular weight excluding hydrogens is 360 g/mol. The molecule has 2 unspecified atom stereocenters. The SMILES string of the molecule is CC(CNC(=O)C1=NOC2(CCN(C(=O)c3ccno3)C2)C1)c1ccccc1. The molecule has 0 aliphatic carbocycles. The lowest BCUT2D eigenvalue weighted by Crippen LogP contribution is -2.39. The number of aromatic nitrogens is 1. The monoisotopic (exact) mass is 382 g/mol. The van der Waals surface area contributed by atoms with Crippen molar-refractivity contribution in [2.45, 2.75) is 31.3 Å². The van der Waals surface area contributed by atoms with Crippen molar-refractivity contribution in [1.29, 1.82) is 0 Å². The summed E-state index contributed by atoms with van der Waals surface area (Å²) in [5, 5.41) is 10.5. The van der Waals surface area contributed by atoms with Gasteiger partial charge in [-0.3, -0.25) is 9.59 Å². The lowest BCUT2D eigenvalue weighted by Gasteiger charge is -2.21. The molecule has 4 rings (SSSR count). The smallest absolute Gasteiger partial charge is 0.292 e. The Morgan fingerprint density at radius 1 is 1.29 bits per heavy atom. The maximum atomic E-state index is 12.5. The Morgan fingerprint density at radius 2 is 2.11 bits per heavy atom. The molecule has 8 nitrogen and oxygen atoms in total. The van der Waals surface area contributed by atoms with Crippen LogP contribution in [0, 0.1) is 0 Å². The van der Waals surface area contributed by atoms with E-state index in [0.29, 0.717) is 38.2 Å². The molecule has 1 spiro atoms. The Balaban J connectivity index is 1.30. The quantitative estimate of drug-likeness (QED) is 0.853. The van der Waals surface area contributed by atoms with Crippen LogP contribution in [0.3, 0.4) is 0 Å². The summed E-state index contributed by atoms with van der Waals surface area (Å²) >= 11 is 0. The Labute approximate surface area is 162 Å². The van der Waals surface area contributed by atoms with Crippen LogP contribution in [0.5, 0.6) is 0 Å². The molecule has 0 radical (unpaired) electrons. The molecule has 28 heavy (non-hydrogen) atoms. The summed E-state index contributed by atoms with van der Waals surface area (Å²) in [5.41, 5.74) is 0.906. The van der Waals surface area contributed by atoms with E-state index in [1.54, 1.807) is 4.90 Å². The summed E-state index contributed by atoms with van der Waals surface area (Å²) < 4.78 is 4.93. The standard InChI is InChI=1S/C20H22N4O4/c1-14(15-5-3-2-4-6-15)12-21-18(25)16-11-20(28-23-16)8-10-24(13-20)19(26)17-7-9-22-27-17/h2-7,9,14H,8,10-13H2,1H3,(H,21,25). The molecule has 1 fully saturated rings. The number of rotatable bonds is 5. The molecule has 1 aromatic carbocycles. The molecule has 8 heteroatoms. The van der Waals surface area contributed by atoms with E-state index in [-0.39, 0.29) is 23.5 Å². The number of nitrogens with zero attached hydrogens (tertiary/aromatic N) is 3. The van der Waals surface area contributed by atoms with Gasteiger partial charge in [-0.05, 0) is 11.5 Å². The van der Waals surface area contributed by atoms with E-state index < -0.39 is 5.60 Å². The zero-order chi connectivity index (χ0) is 19.6. The van der Waals surface area contributed by atoms with Crippen LogP contribution < -0.4 is 5.32 Å². The Bertz CT molecular complexity index is 881. The van der Waals surface area contributed by atoms with Crippen molar-refractivity contribution in [2.24, 2.45) is 5.16 Å². The number of nitrogens with one attached hydrogen (secondary N) is 1. The Kier molecular flexibility index (Phi) is 4.85. The van der Waals surface area contributed by atoms with Gasteiger partial charge in [-0.25, -0.2) is 0 Å². The molecule has 146 valence electrons. The largest absolute Gasteiger partial charge is 0.386 e. The van der Waals surface area contributed by atoms with Crippen LogP contribution in [0.15, 0.2) is 52.3 Å². The minimum atomic E-state index is -0.632. The highest BCUT2D eigenvalue weighted by Gasteiger charge is 2.48. The second-order valence-corrected chi connectivity index (χ2v) is 7.36. The molecule has 1 aromatic heterocycles. The molecule has 2 aromatic rings. The van der Waals surface area contributed by atoms with Crippen LogP contribution in [0.4, 0.5) is 0 Å². The van der Waals surface area contributed by atoms with Crippen LogP contribution >= 0.6 is 0 Å². The van der Waals surface area contributed by atoms with Crippen LogP contribution in [-0.2, 0) is 9.63 Å². The zero-order valence-electron chi connectivity index (χ0n) is 15.6. The third-order valence-electron chi connectivity index (χ3n) is 5.29. The average molecular weight is 382 g/mol. The first-order valence-corrected chi connectivity index (χ1v) is 9.34. The number of benzene rings is 1. The fourth-order valence-corrected chi connectivity index (χ4v) is 3.61. The highest BCUT2D eigenvalue weighted by Crippen LogP contribution is 2.34. The molecule has 2 aliphatic heterocycles. The van der Waals surface area contributed by atoms with E-state index in [0.717, 1.165) is 0 Å². The van der Waals surface area contributed by atoms with Gasteiger partial charge in [0.25, 0.3) is 11.8 Å². The molecule has 0 bridgehead atoms. The molecule has 1 N–H and O–H groups in total. The van der Waals surface area contributed by atoms with E-state index in [2.05, 4.69) is 22.6 Å². The fraction of sp³-hybridized carbons (Fsp3) is 0.400. The summed E-state index contributed by atoms with van der Waals surface area (Å²) in [6.45, 7) is 3.47. The van der Waals surface area contributed by atoms with Gasteiger partial charge in [0.2, 0.25) is 5.76 Å².